The lowest BCUT2D eigenvalue weighted by Gasteiger charge is -2.08. The number of hydrogen-bond donors (Lipinski definition) is 1. The molecule has 0 spiro atoms. The predicted molar refractivity (Wildman–Crippen MR) is 74.1 cm³/mol. The first-order valence-electron chi connectivity index (χ1n) is 4.80. The largest absolute Gasteiger partial charge is 0.340 e. The van der Waals surface area contributed by atoms with E-state index in [0.29, 0.717) is 0 Å². The van der Waals surface area contributed by atoms with Gasteiger partial charge in [0.15, 0.2) is 0 Å². The average Bonchev–Trinajstić information content (AvgIpc) is 2.25. The number of hydrogen-bond acceptors (Lipinski definition) is 2. The van der Waals surface area contributed by atoms with Gasteiger partial charge in [0.05, 0.1) is 0 Å². The maximum Gasteiger partial charge on any atom is 0.130 e. The second-order valence-electron chi connectivity index (χ2n) is 3.45. The topological polar surface area (TPSA) is 24.9 Å². The first kappa shape index (κ1) is 11.6. The Morgan fingerprint density at radius 1 is 1.06 bits per heavy atom. The molecule has 82 valence electrons. The molecular formula is C12H10Br2N2. The highest BCUT2D eigenvalue weighted by Crippen LogP contribution is 2.23. The van der Waals surface area contributed by atoms with Gasteiger partial charge in [0, 0.05) is 20.8 Å². The van der Waals surface area contributed by atoms with Gasteiger partial charge in [-0.2, -0.15) is 0 Å². The molecule has 0 aliphatic rings. The van der Waals surface area contributed by atoms with Crippen LogP contribution < -0.4 is 5.32 Å². The van der Waals surface area contributed by atoms with Gasteiger partial charge in [0.1, 0.15) is 5.82 Å². The van der Waals surface area contributed by atoms with Gasteiger partial charge >= 0.3 is 0 Å². The highest BCUT2D eigenvalue weighted by Gasteiger charge is 2.00. The molecule has 0 aliphatic carbocycles. The van der Waals surface area contributed by atoms with Crippen molar-refractivity contribution in [3.63, 3.8) is 0 Å². The van der Waals surface area contributed by atoms with E-state index in [1.165, 1.54) is 5.56 Å². The Hall–Kier alpha value is -0.870. The van der Waals surface area contributed by atoms with Gasteiger partial charge in [-0.25, -0.2) is 4.98 Å². The van der Waals surface area contributed by atoms with E-state index in [0.717, 1.165) is 20.5 Å². The van der Waals surface area contributed by atoms with Crippen molar-refractivity contribution >= 4 is 43.4 Å². The van der Waals surface area contributed by atoms with Gasteiger partial charge in [0.25, 0.3) is 0 Å². The third-order valence-electron chi connectivity index (χ3n) is 2.18. The zero-order valence-electron chi connectivity index (χ0n) is 8.67. The summed E-state index contributed by atoms with van der Waals surface area (Å²) in [4.78, 5) is 4.27. The minimum atomic E-state index is 0.841. The van der Waals surface area contributed by atoms with Crippen molar-refractivity contribution in [2.75, 3.05) is 5.32 Å². The fraction of sp³-hybridized carbons (Fsp3) is 0.0833. The molecule has 1 aromatic heterocycles. The summed E-state index contributed by atoms with van der Waals surface area (Å²) in [5, 5.41) is 3.27. The number of anilines is 2. The molecule has 0 radical (unpaired) electrons. The van der Waals surface area contributed by atoms with E-state index >= 15 is 0 Å². The molecule has 0 saturated heterocycles. The number of nitrogens with zero attached hydrogens (tertiary/aromatic N) is 1. The monoisotopic (exact) mass is 340 g/mol. The summed E-state index contributed by atoms with van der Waals surface area (Å²) in [6.45, 7) is 2.06. The Morgan fingerprint density at radius 2 is 1.81 bits per heavy atom. The molecule has 0 aliphatic heterocycles. The molecular weight excluding hydrogens is 332 g/mol. The third-order valence-corrected chi connectivity index (χ3v) is 3.14. The molecule has 1 aromatic carbocycles. The van der Waals surface area contributed by atoms with Crippen LogP contribution >= 0.6 is 31.9 Å². The Labute approximate surface area is 111 Å². The van der Waals surface area contributed by atoms with Crippen LogP contribution in [0.3, 0.4) is 0 Å². The lowest BCUT2D eigenvalue weighted by atomic mass is 10.2. The highest BCUT2D eigenvalue weighted by atomic mass is 79.9. The van der Waals surface area contributed by atoms with Crippen LogP contribution in [0.5, 0.6) is 0 Å². The second kappa shape index (κ2) is 4.97. The average molecular weight is 342 g/mol. The van der Waals surface area contributed by atoms with Gasteiger partial charge in [-0.3, -0.25) is 0 Å². The van der Waals surface area contributed by atoms with Crippen LogP contribution in [0.2, 0.25) is 0 Å². The molecule has 4 heteroatoms. The number of pyridine rings is 1. The molecule has 2 rings (SSSR count). The van der Waals surface area contributed by atoms with Crippen molar-refractivity contribution in [2.24, 2.45) is 0 Å². The van der Waals surface area contributed by atoms with Crippen LogP contribution in [-0.4, -0.2) is 4.98 Å². The molecule has 2 nitrogen and oxygen atoms in total. The summed E-state index contributed by atoms with van der Waals surface area (Å²) >= 11 is 6.80. The lowest BCUT2D eigenvalue weighted by molar-refractivity contribution is 1.28. The smallest absolute Gasteiger partial charge is 0.130 e. The Morgan fingerprint density at radius 3 is 2.44 bits per heavy atom. The van der Waals surface area contributed by atoms with Gasteiger partial charge in [-0.1, -0.05) is 15.9 Å². The zero-order chi connectivity index (χ0) is 11.5. The van der Waals surface area contributed by atoms with Gasteiger partial charge in [0.2, 0.25) is 0 Å². The molecule has 0 bridgehead atoms. The molecule has 0 fully saturated rings. The first-order chi connectivity index (χ1) is 7.65. The van der Waals surface area contributed by atoms with Gasteiger partial charge < -0.3 is 5.32 Å². The summed E-state index contributed by atoms with van der Waals surface area (Å²) in [6.07, 6.45) is 1.77. The van der Waals surface area contributed by atoms with Crippen molar-refractivity contribution in [2.45, 2.75) is 6.92 Å². The number of benzene rings is 1. The minimum Gasteiger partial charge on any atom is -0.340 e. The van der Waals surface area contributed by atoms with Crippen molar-refractivity contribution in [3.05, 3.63) is 51.0 Å². The normalized spacial score (nSPS) is 10.2. The molecule has 0 unspecified atom stereocenters. The standard InChI is InChI=1S/C12H10Br2N2/c1-8-6-9(13)2-4-11(8)16-12-5-3-10(14)7-15-12/h2-7H,1H3,(H,15,16). The maximum absolute atomic E-state index is 4.27. The fourth-order valence-electron chi connectivity index (χ4n) is 1.36. The van der Waals surface area contributed by atoms with Crippen molar-refractivity contribution in [1.29, 1.82) is 0 Å². The van der Waals surface area contributed by atoms with Crippen LogP contribution in [0.15, 0.2) is 45.5 Å². The molecule has 0 amide bonds. The summed E-state index contributed by atoms with van der Waals surface area (Å²) in [5.74, 6) is 0.841. The van der Waals surface area contributed by atoms with Crippen molar-refractivity contribution in [1.82, 2.24) is 4.98 Å². The molecule has 0 saturated carbocycles. The van der Waals surface area contributed by atoms with Crippen LogP contribution in [-0.2, 0) is 0 Å². The summed E-state index contributed by atoms with van der Waals surface area (Å²) in [6, 6.07) is 10.0. The number of nitrogens with one attached hydrogen (secondary N) is 1. The van der Waals surface area contributed by atoms with E-state index in [-0.39, 0.29) is 0 Å². The summed E-state index contributed by atoms with van der Waals surface area (Å²) in [5.41, 5.74) is 2.25. The quantitative estimate of drug-likeness (QED) is 0.859. The van der Waals surface area contributed by atoms with Crippen LogP contribution in [0, 0.1) is 6.92 Å². The second-order valence-corrected chi connectivity index (χ2v) is 5.28. The minimum absolute atomic E-state index is 0.841. The first-order valence-corrected chi connectivity index (χ1v) is 6.38. The van der Waals surface area contributed by atoms with E-state index in [1.54, 1.807) is 6.20 Å². The Bertz CT molecular complexity index is 495. The number of rotatable bonds is 2. The third kappa shape index (κ3) is 2.83. The predicted octanol–water partition coefficient (Wildman–Crippen LogP) is 4.66. The summed E-state index contributed by atoms with van der Waals surface area (Å²) in [7, 11) is 0. The van der Waals surface area contributed by atoms with Crippen LogP contribution in [0.1, 0.15) is 5.56 Å². The van der Waals surface area contributed by atoms with E-state index in [4.69, 9.17) is 0 Å². The SMILES string of the molecule is Cc1cc(Br)ccc1Nc1ccc(Br)cn1. The number of aryl methyl sites for hydroxylation is 1. The van der Waals surface area contributed by atoms with Gasteiger partial charge in [-0.05, 0) is 58.7 Å². The van der Waals surface area contributed by atoms with Crippen molar-refractivity contribution in [3.8, 4) is 0 Å². The van der Waals surface area contributed by atoms with Crippen LogP contribution in [0.25, 0.3) is 0 Å². The summed E-state index contributed by atoms with van der Waals surface area (Å²) < 4.78 is 2.06. The molecule has 0 atom stereocenters. The fourth-order valence-corrected chi connectivity index (χ4v) is 2.07. The highest BCUT2D eigenvalue weighted by molar-refractivity contribution is 9.10. The Balaban J connectivity index is 2.23. The van der Waals surface area contributed by atoms with E-state index in [2.05, 4.69) is 55.2 Å². The molecule has 16 heavy (non-hydrogen) atoms. The van der Waals surface area contributed by atoms with Gasteiger partial charge in [-0.15, -0.1) is 0 Å². The van der Waals surface area contributed by atoms with E-state index in [9.17, 15) is 0 Å². The Kier molecular flexibility index (Phi) is 3.61. The number of aromatic nitrogens is 1. The molecule has 2 aromatic rings. The molecule has 1 heterocycles. The van der Waals surface area contributed by atoms with Crippen LogP contribution in [0.4, 0.5) is 11.5 Å². The lowest BCUT2D eigenvalue weighted by Crippen LogP contribution is -1.95. The molecule has 1 N–H and O–H groups in total. The van der Waals surface area contributed by atoms with Crippen molar-refractivity contribution < 1.29 is 0 Å². The zero-order valence-corrected chi connectivity index (χ0v) is 11.8. The van der Waals surface area contributed by atoms with E-state index < -0.39 is 0 Å². The maximum atomic E-state index is 4.27. The number of halogens is 2. The van der Waals surface area contributed by atoms with E-state index in [1.807, 2.05) is 24.3 Å².